The van der Waals surface area contributed by atoms with E-state index in [0.29, 0.717) is 11.1 Å². The molecule has 19 heavy (non-hydrogen) atoms. The van der Waals surface area contributed by atoms with E-state index in [0.717, 1.165) is 31.7 Å². The van der Waals surface area contributed by atoms with Gasteiger partial charge < -0.3 is 15.5 Å². The molecule has 2 N–H and O–H groups in total. The quantitative estimate of drug-likeness (QED) is 0.842. The van der Waals surface area contributed by atoms with E-state index < -0.39 is 5.91 Å². The zero-order valence-electron chi connectivity index (χ0n) is 11.3. The molecule has 1 aromatic carbocycles. The van der Waals surface area contributed by atoms with Crippen molar-refractivity contribution in [3.8, 4) is 0 Å². The van der Waals surface area contributed by atoms with Crippen LogP contribution in [0.3, 0.4) is 0 Å². The maximum Gasteiger partial charge on any atom is 0.253 e. The van der Waals surface area contributed by atoms with Crippen LogP contribution in [-0.4, -0.2) is 54.8 Å². The van der Waals surface area contributed by atoms with Crippen LogP contribution in [0.15, 0.2) is 18.2 Å². The Bertz CT molecular complexity index is 505. The number of aryl methyl sites for hydroxylation is 1. The van der Waals surface area contributed by atoms with E-state index in [1.165, 1.54) is 0 Å². The van der Waals surface area contributed by atoms with Crippen molar-refractivity contribution in [1.82, 2.24) is 9.80 Å². The number of likely N-dealkylation sites (N-methyl/N-ethyl adjacent to an activating group) is 1. The van der Waals surface area contributed by atoms with Gasteiger partial charge in [-0.05, 0) is 37.7 Å². The van der Waals surface area contributed by atoms with Gasteiger partial charge in [-0.3, -0.25) is 9.59 Å². The summed E-state index contributed by atoms with van der Waals surface area (Å²) in [5.74, 6) is -0.441. The summed E-state index contributed by atoms with van der Waals surface area (Å²) in [6.45, 7) is 5.06. The summed E-state index contributed by atoms with van der Waals surface area (Å²) in [6, 6.07) is 5.04. The number of benzene rings is 1. The molecule has 0 aromatic heterocycles. The van der Waals surface area contributed by atoms with Gasteiger partial charge in [0.2, 0.25) is 5.91 Å². The first-order valence-electron chi connectivity index (χ1n) is 6.37. The summed E-state index contributed by atoms with van der Waals surface area (Å²) in [5.41, 5.74) is 7.09. The van der Waals surface area contributed by atoms with Gasteiger partial charge in [-0.15, -0.1) is 0 Å². The highest BCUT2D eigenvalue weighted by Gasteiger charge is 2.20. The second-order valence-corrected chi connectivity index (χ2v) is 4.99. The molecule has 102 valence electrons. The molecule has 1 fully saturated rings. The molecular formula is C14H19N3O2. The molecule has 1 saturated heterocycles. The molecule has 0 unspecified atom stereocenters. The normalized spacial score (nSPS) is 16.4. The predicted octanol–water partition coefficient (Wildman–Crippen LogP) is 0.482. The van der Waals surface area contributed by atoms with Crippen molar-refractivity contribution in [3.63, 3.8) is 0 Å². The molecule has 5 heteroatoms. The zero-order chi connectivity index (χ0) is 14.0. The van der Waals surface area contributed by atoms with E-state index in [9.17, 15) is 9.59 Å². The van der Waals surface area contributed by atoms with Crippen LogP contribution in [-0.2, 0) is 0 Å². The number of primary amides is 1. The molecule has 2 amide bonds. The Morgan fingerprint density at radius 1 is 1.16 bits per heavy atom. The third-order valence-electron chi connectivity index (χ3n) is 3.53. The summed E-state index contributed by atoms with van der Waals surface area (Å²) in [6.07, 6.45) is 0. The molecule has 0 bridgehead atoms. The van der Waals surface area contributed by atoms with Crippen LogP contribution < -0.4 is 5.73 Å². The summed E-state index contributed by atoms with van der Waals surface area (Å²) in [7, 11) is 2.05. The zero-order valence-corrected chi connectivity index (χ0v) is 11.3. The molecule has 1 aliphatic heterocycles. The van der Waals surface area contributed by atoms with E-state index in [4.69, 9.17) is 5.73 Å². The first kappa shape index (κ1) is 13.5. The predicted molar refractivity (Wildman–Crippen MR) is 73.1 cm³/mol. The van der Waals surface area contributed by atoms with Crippen LogP contribution >= 0.6 is 0 Å². The number of rotatable bonds is 2. The Hall–Kier alpha value is -1.88. The molecule has 0 radical (unpaired) electrons. The SMILES string of the molecule is Cc1cc(C(=O)N2CCN(C)CC2)ccc1C(N)=O. The minimum atomic E-state index is -0.462. The van der Waals surface area contributed by atoms with Gasteiger partial charge in [0.1, 0.15) is 0 Å². The number of carbonyl (C=O) groups excluding carboxylic acids is 2. The second kappa shape index (κ2) is 5.40. The van der Waals surface area contributed by atoms with E-state index in [2.05, 4.69) is 4.90 Å². The minimum absolute atomic E-state index is 0.0206. The highest BCUT2D eigenvalue weighted by molar-refractivity contribution is 5.98. The van der Waals surface area contributed by atoms with E-state index in [-0.39, 0.29) is 5.91 Å². The average molecular weight is 261 g/mol. The maximum absolute atomic E-state index is 12.3. The van der Waals surface area contributed by atoms with Crippen molar-refractivity contribution < 1.29 is 9.59 Å². The minimum Gasteiger partial charge on any atom is -0.366 e. The van der Waals surface area contributed by atoms with Crippen LogP contribution in [0, 0.1) is 6.92 Å². The fourth-order valence-electron chi connectivity index (χ4n) is 2.27. The standard InChI is InChI=1S/C14H19N3O2/c1-10-9-11(3-4-12(10)13(15)18)14(19)17-7-5-16(2)6-8-17/h3-4,9H,5-8H2,1-2H3,(H2,15,18). The number of nitrogens with zero attached hydrogens (tertiary/aromatic N) is 2. The van der Waals surface area contributed by atoms with E-state index in [1.54, 1.807) is 25.1 Å². The lowest BCUT2D eigenvalue weighted by Gasteiger charge is -2.32. The van der Waals surface area contributed by atoms with Crippen LogP contribution in [0.1, 0.15) is 26.3 Å². The maximum atomic E-state index is 12.3. The number of nitrogens with two attached hydrogens (primary N) is 1. The third-order valence-corrected chi connectivity index (χ3v) is 3.53. The van der Waals surface area contributed by atoms with Crippen molar-refractivity contribution in [2.45, 2.75) is 6.92 Å². The van der Waals surface area contributed by atoms with Crippen molar-refractivity contribution in [2.75, 3.05) is 33.2 Å². The van der Waals surface area contributed by atoms with Crippen LogP contribution in [0.25, 0.3) is 0 Å². The van der Waals surface area contributed by atoms with Gasteiger partial charge in [0.15, 0.2) is 0 Å². The van der Waals surface area contributed by atoms with Crippen LogP contribution in [0.4, 0.5) is 0 Å². The number of hydrogen-bond acceptors (Lipinski definition) is 3. The molecule has 0 spiro atoms. The molecule has 1 heterocycles. The molecule has 1 aliphatic rings. The van der Waals surface area contributed by atoms with Gasteiger partial charge in [-0.25, -0.2) is 0 Å². The molecule has 0 saturated carbocycles. The van der Waals surface area contributed by atoms with Gasteiger partial charge >= 0.3 is 0 Å². The van der Waals surface area contributed by atoms with E-state index >= 15 is 0 Å². The Morgan fingerprint density at radius 3 is 2.32 bits per heavy atom. The fourth-order valence-corrected chi connectivity index (χ4v) is 2.27. The molecule has 1 aromatic rings. The van der Waals surface area contributed by atoms with Crippen LogP contribution in [0.2, 0.25) is 0 Å². The highest BCUT2D eigenvalue weighted by Crippen LogP contribution is 2.13. The Labute approximate surface area is 113 Å². The smallest absolute Gasteiger partial charge is 0.253 e. The first-order chi connectivity index (χ1) is 8.99. The topological polar surface area (TPSA) is 66.6 Å². The van der Waals surface area contributed by atoms with Gasteiger partial charge in [-0.1, -0.05) is 0 Å². The van der Waals surface area contributed by atoms with Gasteiger partial charge in [0, 0.05) is 37.3 Å². The molecular weight excluding hydrogens is 242 g/mol. The average Bonchev–Trinajstić information content (AvgIpc) is 2.38. The van der Waals surface area contributed by atoms with E-state index in [1.807, 2.05) is 11.9 Å². The van der Waals surface area contributed by atoms with Crippen molar-refractivity contribution in [3.05, 3.63) is 34.9 Å². The lowest BCUT2D eigenvalue weighted by atomic mass is 10.0. The Balaban J connectivity index is 2.16. The number of carbonyl (C=O) groups is 2. The fraction of sp³-hybridized carbons (Fsp3) is 0.429. The number of amides is 2. The van der Waals surface area contributed by atoms with Gasteiger partial charge in [-0.2, -0.15) is 0 Å². The number of piperazine rings is 1. The summed E-state index contributed by atoms with van der Waals surface area (Å²) >= 11 is 0. The van der Waals surface area contributed by atoms with Gasteiger partial charge in [0.05, 0.1) is 0 Å². The lowest BCUT2D eigenvalue weighted by Crippen LogP contribution is -2.47. The summed E-state index contributed by atoms with van der Waals surface area (Å²) in [4.78, 5) is 27.5. The Morgan fingerprint density at radius 2 is 1.79 bits per heavy atom. The van der Waals surface area contributed by atoms with Gasteiger partial charge in [0.25, 0.3) is 5.91 Å². The molecule has 0 atom stereocenters. The summed E-state index contributed by atoms with van der Waals surface area (Å²) < 4.78 is 0. The summed E-state index contributed by atoms with van der Waals surface area (Å²) in [5, 5.41) is 0. The molecule has 0 aliphatic carbocycles. The third kappa shape index (κ3) is 2.93. The first-order valence-corrected chi connectivity index (χ1v) is 6.37. The second-order valence-electron chi connectivity index (χ2n) is 4.99. The lowest BCUT2D eigenvalue weighted by molar-refractivity contribution is 0.0663. The van der Waals surface area contributed by atoms with Crippen molar-refractivity contribution in [1.29, 1.82) is 0 Å². The highest BCUT2D eigenvalue weighted by atomic mass is 16.2. The molecule has 2 rings (SSSR count). The van der Waals surface area contributed by atoms with Crippen molar-refractivity contribution in [2.24, 2.45) is 5.73 Å². The largest absolute Gasteiger partial charge is 0.366 e. The monoisotopic (exact) mass is 261 g/mol. The Kier molecular flexibility index (Phi) is 3.85. The molecule has 5 nitrogen and oxygen atoms in total. The van der Waals surface area contributed by atoms with Crippen molar-refractivity contribution >= 4 is 11.8 Å². The van der Waals surface area contributed by atoms with Crippen LogP contribution in [0.5, 0.6) is 0 Å². The number of hydrogen-bond donors (Lipinski definition) is 1.